The lowest BCUT2D eigenvalue weighted by atomic mass is 9.98. The van der Waals surface area contributed by atoms with E-state index in [1.807, 2.05) is 37.4 Å². The highest BCUT2D eigenvalue weighted by molar-refractivity contribution is 6.31. The summed E-state index contributed by atoms with van der Waals surface area (Å²) in [7, 11) is 1.87. The normalized spacial score (nSPS) is 10.1. The average molecular weight is 260 g/mol. The molecule has 4 N–H and O–H groups in total. The van der Waals surface area contributed by atoms with E-state index >= 15 is 0 Å². The molecule has 18 heavy (non-hydrogen) atoms. The third kappa shape index (κ3) is 2.31. The topological polar surface area (TPSA) is 61.9 Å². The molecule has 0 aliphatic heterocycles. The van der Waals surface area contributed by atoms with Crippen LogP contribution in [0.2, 0.25) is 5.02 Å². The monoisotopic (exact) mass is 259 g/mol. The zero-order valence-corrected chi connectivity index (χ0v) is 10.8. The van der Waals surface area contributed by atoms with Crippen molar-refractivity contribution in [3.05, 3.63) is 47.0 Å². The molecule has 0 fully saturated rings. The molecule has 0 atom stereocenters. The van der Waals surface area contributed by atoms with Gasteiger partial charge in [0.25, 0.3) is 0 Å². The number of rotatable bonds is 3. The largest absolute Gasteiger partial charge is 0.398 e. The van der Waals surface area contributed by atoms with Crippen molar-refractivity contribution in [3.8, 4) is 11.1 Å². The number of nitrogen functional groups attached to an aromatic ring is 1. The second-order valence-corrected chi connectivity index (χ2v) is 4.36. The van der Waals surface area contributed by atoms with Crippen molar-refractivity contribution in [2.75, 3.05) is 18.1 Å². The number of halogens is 1. The Labute approximate surface area is 111 Å². The molecule has 2 aromatic rings. The van der Waals surface area contributed by atoms with Gasteiger partial charge in [-0.25, -0.2) is 0 Å². The Morgan fingerprint density at radius 3 is 2.44 bits per heavy atom. The third-order valence-electron chi connectivity index (χ3n) is 2.81. The highest BCUT2D eigenvalue weighted by atomic mass is 35.5. The van der Waals surface area contributed by atoms with Crippen LogP contribution >= 0.6 is 11.6 Å². The Bertz CT molecular complexity index is 576. The Hall–Kier alpha value is -2.00. The van der Waals surface area contributed by atoms with E-state index in [0.29, 0.717) is 16.3 Å². The molecule has 0 aromatic heterocycles. The van der Waals surface area contributed by atoms with Gasteiger partial charge in [0.2, 0.25) is 0 Å². The van der Waals surface area contributed by atoms with Crippen molar-refractivity contribution < 1.29 is 0 Å². The minimum atomic E-state index is 0.519. The van der Waals surface area contributed by atoms with E-state index in [-0.39, 0.29) is 0 Å². The summed E-state index contributed by atoms with van der Waals surface area (Å²) in [5, 5.41) is 11.1. The number of hydrogen-bond acceptors (Lipinski definition) is 3. The van der Waals surface area contributed by atoms with E-state index in [1.165, 1.54) is 6.21 Å². The van der Waals surface area contributed by atoms with Gasteiger partial charge in [-0.15, -0.1) is 0 Å². The van der Waals surface area contributed by atoms with Crippen LogP contribution in [0.3, 0.4) is 0 Å². The lowest BCUT2D eigenvalue weighted by molar-refractivity contribution is 1.50. The molecular formula is C14H14ClN3. The lowest BCUT2D eigenvalue weighted by Crippen LogP contribution is -1.96. The first-order chi connectivity index (χ1) is 8.65. The van der Waals surface area contributed by atoms with E-state index in [9.17, 15) is 0 Å². The van der Waals surface area contributed by atoms with Crippen molar-refractivity contribution in [1.29, 1.82) is 5.41 Å². The zero-order valence-electron chi connectivity index (χ0n) is 10.00. The number of benzene rings is 2. The minimum Gasteiger partial charge on any atom is -0.398 e. The first kappa shape index (κ1) is 12.5. The highest BCUT2D eigenvalue weighted by Gasteiger charge is 2.08. The second kappa shape index (κ2) is 5.10. The van der Waals surface area contributed by atoms with Crippen molar-refractivity contribution in [2.24, 2.45) is 0 Å². The maximum atomic E-state index is 7.46. The molecule has 0 bridgehead atoms. The van der Waals surface area contributed by atoms with E-state index in [0.717, 1.165) is 16.8 Å². The molecule has 92 valence electrons. The van der Waals surface area contributed by atoms with Gasteiger partial charge in [-0.1, -0.05) is 23.7 Å². The molecule has 4 heteroatoms. The number of nitrogens with two attached hydrogens (primary N) is 1. The van der Waals surface area contributed by atoms with Crippen molar-refractivity contribution in [2.45, 2.75) is 0 Å². The molecule has 0 aliphatic rings. The maximum absolute atomic E-state index is 7.46. The number of nitrogens with one attached hydrogen (secondary N) is 2. The lowest BCUT2D eigenvalue weighted by Gasteiger charge is -2.10. The van der Waals surface area contributed by atoms with Crippen LogP contribution < -0.4 is 11.1 Å². The van der Waals surface area contributed by atoms with E-state index < -0.39 is 0 Å². The predicted molar refractivity (Wildman–Crippen MR) is 78.7 cm³/mol. The molecule has 0 saturated carbocycles. The van der Waals surface area contributed by atoms with Crippen LogP contribution in [-0.4, -0.2) is 13.3 Å². The maximum Gasteiger partial charge on any atom is 0.0433 e. The van der Waals surface area contributed by atoms with E-state index in [4.69, 9.17) is 22.7 Å². The fraction of sp³-hybridized carbons (Fsp3) is 0.0714. The Kier molecular flexibility index (Phi) is 3.53. The fourth-order valence-corrected chi connectivity index (χ4v) is 2.08. The molecule has 0 spiro atoms. The molecule has 2 rings (SSSR count). The molecule has 0 saturated heterocycles. The van der Waals surface area contributed by atoms with Crippen LogP contribution in [0.5, 0.6) is 0 Å². The van der Waals surface area contributed by atoms with Gasteiger partial charge in [0.1, 0.15) is 0 Å². The standard InChI is InChI=1S/C14H14ClN3/c1-18-11-4-2-9(3-5-11)12-6-10(15)7-14(17)13(12)8-16/h2-8,16,18H,17H2,1H3. The van der Waals surface area contributed by atoms with Gasteiger partial charge in [-0.3, -0.25) is 0 Å². The molecule has 0 aliphatic carbocycles. The molecular weight excluding hydrogens is 246 g/mol. The summed E-state index contributed by atoms with van der Waals surface area (Å²) in [4.78, 5) is 0. The summed E-state index contributed by atoms with van der Waals surface area (Å²) in [6, 6.07) is 11.4. The van der Waals surface area contributed by atoms with Crippen molar-refractivity contribution in [1.82, 2.24) is 0 Å². The zero-order chi connectivity index (χ0) is 13.1. The minimum absolute atomic E-state index is 0.519. The molecule has 2 aromatic carbocycles. The van der Waals surface area contributed by atoms with E-state index in [1.54, 1.807) is 6.07 Å². The fourth-order valence-electron chi connectivity index (χ4n) is 1.86. The van der Waals surface area contributed by atoms with Crippen molar-refractivity contribution >= 4 is 29.2 Å². The summed E-state index contributed by atoms with van der Waals surface area (Å²) in [6.07, 6.45) is 1.26. The smallest absolute Gasteiger partial charge is 0.0433 e. The highest BCUT2D eigenvalue weighted by Crippen LogP contribution is 2.31. The summed E-state index contributed by atoms with van der Waals surface area (Å²) in [5.41, 5.74) is 9.98. The summed E-state index contributed by atoms with van der Waals surface area (Å²) in [5.74, 6) is 0. The van der Waals surface area contributed by atoms with Gasteiger partial charge in [0.15, 0.2) is 0 Å². The van der Waals surface area contributed by atoms with Gasteiger partial charge in [0.05, 0.1) is 0 Å². The molecule has 0 unspecified atom stereocenters. The van der Waals surface area contributed by atoms with Gasteiger partial charge in [-0.2, -0.15) is 0 Å². The Morgan fingerprint density at radius 2 is 1.89 bits per heavy atom. The van der Waals surface area contributed by atoms with Crippen LogP contribution in [0.4, 0.5) is 11.4 Å². The molecule has 3 nitrogen and oxygen atoms in total. The van der Waals surface area contributed by atoms with Crippen LogP contribution in [0.1, 0.15) is 5.56 Å². The summed E-state index contributed by atoms with van der Waals surface area (Å²) < 4.78 is 0. The number of anilines is 2. The molecule has 0 heterocycles. The van der Waals surface area contributed by atoms with Gasteiger partial charge >= 0.3 is 0 Å². The number of hydrogen-bond donors (Lipinski definition) is 3. The molecule has 0 amide bonds. The van der Waals surface area contributed by atoms with E-state index in [2.05, 4.69) is 5.32 Å². The first-order valence-electron chi connectivity index (χ1n) is 5.53. The van der Waals surface area contributed by atoms with Crippen LogP contribution in [-0.2, 0) is 0 Å². The summed E-state index contributed by atoms with van der Waals surface area (Å²) in [6.45, 7) is 0. The van der Waals surface area contributed by atoms with Gasteiger partial charge < -0.3 is 16.5 Å². The third-order valence-corrected chi connectivity index (χ3v) is 3.02. The van der Waals surface area contributed by atoms with Crippen LogP contribution in [0.15, 0.2) is 36.4 Å². The van der Waals surface area contributed by atoms with Crippen molar-refractivity contribution in [3.63, 3.8) is 0 Å². The van der Waals surface area contributed by atoms with Gasteiger partial charge in [-0.05, 0) is 35.4 Å². The molecule has 0 radical (unpaired) electrons. The quantitative estimate of drug-likeness (QED) is 0.582. The SMILES string of the molecule is CNc1ccc(-c2cc(Cl)cc(N)c2C=N)cc1. The summed E-state index contributed by atoms with van der Waals surface area (Å²) >= 11 is 6.02. The van der Waals surface area contributed by atoms with Crippen LogP contribution in [0.25, 0.3) is 11.1 Å². The first-order valence-corrected chi connectivity index (χ1v) is 5.91. The van der Waals surface area contributed by atoms with Crippen LogP contribution in [0, 0.1) is 5.41 Å². The Balaban J connectivity index is 2.58. The van der Waals surface area contributed by atoms with Gasteiger partial charge in [0, 0.05) is 35.2 Å². The average Bonchev–Trinajstić information content (AvgIpc) is 2.38. The predicted octanol–water partition coefficient (Wildman–Crippen LogP) is 3.63. The Morgan fingerprint density at radius 1 is 1.22 bits per heavy atom. The second-order valence-electron chi connectivity index (χ2n) is 3.93.